The molecule has 8 heteroatoms. The zero-order chi connectivity index (χ0) is 28.4. The molecule has 0 aliphatic carbocycles. The van der Waals surface area contributed by atoms with Crippen LogP contribution in [0.25, 0.3) is 17.5 Å². The highest BCUT2D eigenvalue weighted by Crippen LogP contribution is 2.39. The maximum Gasteiger partial charge on any atom is 0.333 e. The number of carbonyl (C=O) groups is 1. The van der Waals surface area contributed by atoms with Crippen LogP contribution in [0.5, 0.6) is 5.75 Å². The van der Waals surface area contributed by atoms with Gasteiger partial charge in [0, 0.05) is 23.5 Å². The number of hydrogen-bond acceptors (Lipinski definition) is 7. The molecule has 0 aliphatic heterocycles. The van der Waals surface area contributed by atoms with Crippen molar-refractivity contribution in [3.05, 3.63) is 114 Å². The second kappa shape index (κ2) is 13.3. The maximum atomic E-state index is 12.9. The van der Waals surface area contributed by atoms with Crippen LogP contribution in [0.15, 0.2) is 102 Å². The Morgan fingerprint density at radius 3 is 2.60 bits per heavy atom. The lowest BCUT2D eigenvalue weighted by atomic mass is 9.73. The number of oxazole rings is 1. The van der Waals surface area contributed by atoms with Gasteiger partial charge < -0.3 is 20.0 Å². The van der Waals surface area contributed by atoms with E-state index >= 15 is 0 Å². The molecule has 4 rings (SSSR count). The van der Waals surface area contributed by atoms with Crippen LogP contribution in [0.1, 0.15) is 36.0 Å². The van der Waals surface area contributed by atoms with Crippen molar-refractivity contribution in [2.45, 2.75) is 31.2 Å². The number of allylic oxidation sites excluding steroid dienone is 1. The van der Waals surface area contributed by atoms with Gasteiger partial charge in [-0.25, -0.2) is 14.6 Å². The molecule has 0 fully saturated rings. The van der Waals surface area contributed by atoms with Gasteiger partial charge in [-0.1, -0.05) is 48.6 Å². The first-order valence-electron chi connectivity index (χ1n) is 12.9. The number of aliphatic carboxylic acids is 1. The summed E-state index contributed by atoms with van der Waals surface area (Å²) in [5, 5.41) is 10.5. The number of aryl methyl sites for hydroxylation is 1. The number of carboxylic acids is 1. The molecule has 0 saturated carbocycles. The van der Waals surface area contributed by atoms with Crippen LogP contribution in [0.2, 0.25) is 0 Å². The van der Waals surface area contributed by atoms with Crippen molar-refractivity contribution < 1.29 is 23.8 Å². The number of nitrogens with zero attached hydrogens (tertiary/aromatic N) is 2. The Balaban J connectivity index is 1.67. The van der Waals surface area contributed by atoms with Crippen LogP contribution in [0, 0.1) is 5.92 Å². The van der Waals surface area contributed by atoms with Gasteiger partial charge in [-0.15, -0.1) is 0 Å². The third kappa shape index (κ3) is 6.43. The second-order valence-corrected chi connectivity index (χ2v) is 9.37. The highest BCUT2D eigenvalue weighted by molar-refractivity contribution is 5.90. The van der Waals surface area contributed by atoms with Gasteiger partial charge >= 0.3 is 5.97 Å². The highest BCUT2D eigenvalue weighted by atomic mass is 16.5. The van der Waals surface area contributed by atoms with Crippen molar-refractivity contribution in [2.75, 3.05) is 7.11 Å². The minimum Gasteiger partial charge on any atom is -0.497 e. The highest BCUT2D eigenvalue weighted by Gasteiger charge is 2.46. The van der Waals surface area contributed by atoms with E-state index in [2.05, 4.69) is 9.97 Å². The van der Waals surface area contributed by atoms with Gasteiger partial charge in [0.1, 0.15) is 18.0 Å². The predicted octanol–water partition coefficient (Wildman–Crippen LogP) is 5.48. The second-order valence-electron chi connectivity index (χ2n) is 9.37. The average molecular weight is 538 g/mol. The fourth-order valence-electron chi connectivity index (χ4n) is 4.80. The number of aromatic nitrogens is 2. The Bertz CT molecular complexity index is 1480. The maximum absolute atomic E-state index is 12.9. The molecule has 0 radical (unpaired) electrons. The summed E-state index contributed by atoms with van der Waals surface area (Å²) in [6.45, 7) is 0. The van der Waals surface area contributed by atoms with Crippen LogP contribution in [-0.2, 0) is 21.5 Å². The number of methoxy groups -OCH3 is 1. The van der Waals surface area contributed by atoms with E-state index < -0.39 is 17.4 Å². The zero-order valence-electron chi connectivity index (χ0n) is 22.2. The first-order chi connectivity index (χ1) is 19.5. The number of benzene rings is 2. The number of hydrogen-bond donors (Lipinski definition) is 2. The van der Waals surface area contributed by atoms with Crippen LogP contribution in [-0.4, -0.2) is 34.1 Å². The summed E-state index contributed by atoms with van der Waals surface area (Å²) in [5.74, 6) is 1.08. The lowest BCUT2D eigenvalue weighted by molar-refractivity contribution is -0.142. The lowest BCUT2D eigenvalue weighted by Gasteiger charge is -2.32. The molecule has 0 amide bonds. The Kier molecular flexibility index (Phi) is 9.41. The SMILES string of the molecule is COc1ccc(CCCC(CC=Cc2cccnc2)C(=C=O)C(N)(C(=O)O)c2ccccc2-c2ncco2)cc1. The lowest BCUT2D eigenvalue weighted by Crippen LogP contribution is -2.49. The average Bonchev–Trinajstić information content (AvgIpc) is 3.53. The first-order valence-corrected chi connectivity index (χ1v) is 12.9. The molecule has 0 spiro atoms. The molecule has 2 aromatic carbocycles. The van der Waals surface area contributed by atoms with Gasteiger partial charge in [-0.05, 0) is 67.0 Å². The van der Waals surface area contributed by atoms with Crippen LogP contribution in [0.3, 0.4) is 0 Å². The molecule has 0 saturated heterocycles. The van der Waals surface area contributed by atoms with Gasteiger partial charge in [0.05, 0.1) is 18.9 Å². The number of ether oxygens (including phenoxy) is 1. The van der Waals surface area contributed by atoms with E-state index in [-0.39, 0.29) is 17.0 Å². The molecule has 2 heterocycles. The molecular formula is C32H31N3O5. The molecule has 8 nitrogen and oxygen atoms in total. The molecule has 204 valence electrons. The standard InChI is InChI=1S/C32H31N3O5/c1-39-26-16-14-23(15-17-26)7-4-10-25(11-5-8-24-9-6-18-34-21-24)29(22-36)32(33,31(37)38)28-13-3-2-12-27(28)30-35-19-20-40-30/h2-3,5-6,8-9,12-21,25H,4,7,10-11,33H2,1H3,(H,37,38). The van der Waals surface area contributed by atoms with Crippen molar-refractivity contribution >= 4 is 18.0 Å². The number of carboxylic acid groups (broad SMARTS) is 1. The van der Waals surface area contributed by atoms with E-state index in [0.29, 0.717) is 24.8 Å². The van der Waals surface area contributed by atoms with Gasteiger partial charge in [-0.3, -0.25) is 4.98 Å². The van der Waals surface area contributed by atoms with E-state index in [9.17, 15) is 14.7 Å². The summed E-state index contributed by atoms with van der Waals surface area (Å²) in [7, 11) is 1.62. The Morgan fingerprint density at radius 1 is 1.15 bits per heavy atom. The van der Waals surface area contributed by atoms with Crippen LogP contribution >= 0.6 is 0 Å². The quantitative estimate of drug-likeness (QED) is 0.214. The number of pyridine rings is 1. The molecule has 0 aliphatic rings. The Labute approximate surface area is 232 Å². The minimum absolute atomic E-state index is 0.0374. The minimum atomic E-state index is -2.15. The first kappa shape index (κ1) is 28.2. The Hall–Kier alpha value is -4.78. The largest absolute Gasteiger partial charge is 0.497 e. The molecule has 3 N–H and O–H groups in total. The van der Waals surface area contributed by atoms with Crippen LogP contribution < -0.4 is 10.5 Å². The van der Waals surface area contributed by atoms with Gasteiger partial charge in [0.15, 0.2) is 5.54 Å². The van der Waals surface area contributed by atoms with E-state index in [4.69, 9.17) is 14.9 Å². The monoisotopic (exact) mass is 537 g/mol. The fourth-order valence-corrected chi connectivity index (χ4v) is 4.80. The fraction of sp³-hybridized carbons (Fsp3) is 0.219. The predicted molar refractivity (Wildman–Crippen MR) is 152 cm³/mol. The van der Waals surface area contributed by atoms with Crippen molar-refractivity contribution in [2.24, 2.45) is 11.7 Å². The van der Waals surface area contributed by atoms with E-state index in [1.165, 1.54) is 12.5 Å². The Morgan fingerprint density at radius 2 is 1.95 bits per heavy atom. The summed E-state index contributed by atoms with van der Waals surface area (Å²) in [4.78, 5) is 33.8. The summed E-state index contributed by atoms with van der Waals surface area (Å²) in [5.41, 5.74) is 7.12. The summed E-state index contributed by atoms with van der Waals surface area (Å²) >= 11 is 0. The van der Waals surface area contributed by atoms with E-state index in [1.807, 2.05) is 54.5 Å². The van der Waals surface area contributed by atoms with Gasteiger partial charge in [0.25, 0.3) is 0 Å². The van der Waals surface area contributed by atoms with Gasteiger partial charge in [0.2, 0.25) is 5.89 Å². The summed E-state index contributed by atoms with van der Waals surface area (Å²) in [6, 6.07) is 18.2. The molecule has 4 aromatic rings. The van der Waals surface area contributed by atoms with Crippen LogP contribution in [0.4, 0.5) is 0 Å². The topological polar surface area (TPSA) is 129 Å². The normalized spacial score (nSPS) is 13.3. The molecule has 2 unspecified atom stereocenters. The number of nitrogens with two attached hydrogens (primary N) is 1. The van der Waals surface area contributed by atoms with Crippen molar-refractivity contribution in [1.82, 2.24) is 9.97 Å². The third-order valence-electron chi connectivity index (χ3n) is 6.89. The molecule has 40 heavy (non-hydrogen) atoms. The molecule has 0 bridgehead atoms. The molecule has 2 atom stereocenters. The molecule has 2 aromatic heterocycles. The summed E-state index contributed by atoms with van der Waals surface area (Å²) in [6.07, 6.45) is 12.4. The van der Waals surface area contributed by atoms with Crippen molar-refractivity contribution in [3.63, 3.8) is 0 Å². The molecular weight excluding hydrogens is 506 g/mol. The van der Waals surface area contributed by atoms with Gasteiger partial charge in [-0.2, -0.15) is 0 Å². The summed E-state index contributed by atoms with van der Waals surface area (Å²) < 4.78 is 10.7. The van der Waals surface area contributed by atoms with E-state index in [1.54, 1.807) is 43.8 Å². The smallest absolute Gasteiger partial charge is 0.333 e. The number of carbonyl (C=O) groups excluding carboxylic acids is 1. The van der Waals surface area contributed by atoms with E-state index in [0.717, 1.165) is 23.3 Å². The third-order valence-corrected chi connectivity index (χ3v) is 6.89. The number of rotatable bonds is 13. The van der Waals surface area contributed by atoms with Crippen molar-refractivity contribution in [3.8, 4) is 17.2 Å². The van der Waals surface area contributed by atoms with Crippen molar-refractivity contribution in [1.29, 1.82) is 0 Å². The zero-order valence-corrected chi connectivity index (χ0v) is 22.2.